The molecule has 1 aromatic heterocycles. The molecule has 4 heteroatoms. The zero-order valence-electron chi connectivity index (χ0n) is 19.9. The quantitative estimate of drug-likeness (QED) is 0.408. The van der Waals surface area contributed by atoms with Gasteiger partial charge in [0, 0.05) is 41.2 Å². The smallest absolute Gasteiger partial charge is 0.247 e. The van der Waals surface area contributed by atoms with Crippen molar-refractivity contribution >= 4 is 22.4 Å². The molecule has 172 valence electrons. The normalized spacial score (nSPS) is 21.2. The van der Waals surface area contributed by atoms with Crippen molar-refractivity contribution in [2.24, 2.45) is 5.92 Å². The van der Waals surface area contributed by atoms with Crippen LogP contribution >= 0.6 is 0 Å². The van der Waals surface area contributed by atoms with Crippen LogP contribution in [0.15, 0.2) is 53.2 Å². The molecule has 0 radical (unpaired) electrons. The van der Waals surface area contributed by atoms with Crippen molar-refractivity contribution in [2.75, 3.05) is 13.7 Å². The molecule has 5 rings (SSSR count). The monoisotopic (exact) mass is 443 g/mol. The lowest BCUT2D eigenvalue weighted by Crippen LogP contribution is -2.49. The van der Waals surface area contributed by atoms with Crippen molar-refractivity contribution < 1.29 is 13.9 Å². The number of methoxy groups -OCH3 is 1. The fraction of sp³-hybridized carbons (Fsp3) is 0.414. The van der Waals surface area contributed by atoms with E-state index in [0.717, 1.165) is 58.4 Å². The van der Waals surface area contributed by atoms with Gasteiger partial charge in [0.05, 0.1) is 13.4 Å². The first-order valence-electron chi connectivity index (χ1n) is 12.2. The van der Waals surface area contributed by atoms with Crippen LogP contribution in [0.2, 0.25) is 0 Å². The van der Waals surface area contributed by atoms with Crippen molar-refractivity contribution in [3.05, 3.63) is 59.9 Å². The topological polar surface area (TPSA) is 42.7 Å². The van der Waals surface area contributed by atoms with Gasteiger partial charge in [-0.1, -0.05) is 42.7 Å². The molecule has 2 heterocycles. The van der Waals surface area contributed by atoms with Crippen molar-refractivity contribution in [1.82, 2.24) is 4.90 Å². The number of ether oxygens (including phenoxy) is 1. The van der Waals surface area contributed by atoms with Gasteiger partial charge in [-0.3, -0.25) is 4.79 Å². The number of rotatable bonds is 4. The summed E-state index contributed by atoms with van der Waals surface area (Å²) in [5.74, 6) is 1.54. The Labute approximate surface area is 196 Å². The molecule has 0 spiro atoms. The molecule has 1 amide bonds. The third kappa shape index (κ3) is 4.19. The summed E-state index contributed by atoms with van der Waals surface area (Å²) in [6.07, 6.45) is 11.0. The van der Waals surface area contributed by atoms with Gasteiger partial charge in [0.1, 0.15) is 11.3 Å². The number of fused-ring (bicyclic) bond motifs is 2. The lowest BCUT2D eigenvalue weighted by molar-refractivity contribution is -0.132. The predicted octanol–water partition coefficient (Wildman–Crippen LogP) is 7.00. The van der Waals surface area contributed by atoms with Crippen LogP contribution in [0.25, 0.3) is 27.7 Å². The standard InChI is InChI=1S/C29H33NO3/c1-19-10-12-21(13-11-19)25-18-33-28-17-27(32-3)23(16-24(25)28)20(2)15-29(31)30-14-6-8-22-7-4-5-9-26(22)30/h10-13,15-18,22,26H,4-9,14H2,1-3H3/b20-15+. The van der Waals surface area contributed by atoms with Gasteiger partial charge in [0.25, 0.3) is 0 Å². The molecule has 2 aliphatic rings. The summed E-state index contributed by atoms with van der Waals surface area (Å²) in [7, 11) is 1.67. The van der Waals surface area contributed by atoms with Crippen LogP contribution in [0.4, 0.5) is 0 Å². The second-order valence-electron chi connectivity index (χ2n) is 9.68. The molecular weight excluding hydrogens is 410 g/mol. The molecule has 1 saturated carbocycles. The summed E-state index contributed by atoms with van der Waals surface area (Å²) < 4.78 is 11.6. The van der Waals surface area contributed by atoms with Gasteiger partial charge in [0.15, 0.2) is 0 Å². The average Bonchev–Trinajstić information content (AvgIpc) is 3.26. The Bertz CT molecular complexity index is 1190. The van der Waals surface area contributed by atoms with Gasteiger partial charge in [-0.2, -0.15) is 0 Å². The lowest BCUT2D eigenvalue weighted by Gasteiger charge is -2.43. The SMILES string of the molecule is COc1cc2occ(-c3ccc(C)cc3)c2cc1/C(C)=C/C(=O)N1CCCC2CCCCC21. The summed E-state index contributed by atoms with van der Waals surface area (Å²) in [5.41, 5.74) is 6.03. The van der Waals surface area contributed by atoms with Gasteiger partial charge in [0.2, 0.25) is 5.91 Å². The van der Waals surface area contributed by atoms with Crippen molar-refractivity contribution in [1.29, 1.82) is 0 Å². The molecule has 1 aliphatic heterocycles. The fourth-order valence-corrected chi connectivity index (χ4v) is 5.73. The van der Waals surface area contributed by atoms with E-state index in [1.54, 1.807) is 13.4 Å². The highest BCUT2D eigenvalue weighted by atomic mass is 16.5. The zero-order chi connectivity index (χ0) is 22.9. The number of hydrogen-bond acceptors (Lipinski definition) is 3. The fourth-order valence-electron chi connectivity index (χ4n) is 5.73. The van der Waals surface area contributed by atoms with E-state index < -0.39 is 0 Å². The highest BCUT2D eigenvalue weighted by molar-refractivity contribution is 6.00. The second kappa shape index (κ2) is 9.09. The van der Waals surface area contributed by atoms with E-state index in [1.165, 1.54) is 31.2 Å². The molecule has 4 nitrogen and oxygen atoms in total. The van der Waals surface area contributed by atoms with Crippen LogP contribution in [-0.2, 0) is 4.79 Å². The van der Waals surface area contributed by atoms with Crippen LogP contribution in [0.5, 0.6) is 5.75 Å². The molecular formula is C29H33NO3. The number of aryl methyl sites for hydroxylation is 1. The maximum absolute atomic E-state index is 13.4. The summed E-state index contributed by atoms with van der Waals surface area (Å²) in [6, 6.07) is 12.9. The molecule has 1 aliphatic carbocycles. The summed E-state index contributed by atoms with van der Waals surface area (Å²) >= 11 is 0. The van der Waals surface area contributed by atoms with Crippen molar-refractivity contribution in [3.8, 4) is 16.9 Å². The van der Waals surface area contributed by atoms with E-state index in [9.17, 15) is 4.79 Å². The number of benzene rings is 2. The largest absolute Gasteiger partial charge is 0.496 e. The third-order valence-electron chi connectivity index (χ3n) is 7.55. The molecule has 2 fully saturated rings. The maximum Gasteiger partial charge on any atom is 0.247 e. The minimum absolute atomic E-state index is 0.136. The Morgan fingerprint density at radius 1 is 1.09 bits per heavy atom. The van der Waals surface area contributed by atoms with E-state index in [0.29, 0.717) is 12.0 Å². The van der Waals surface area contributed by atoms with Gasteiger partial charge in [-0.15, -0.1) is 0 Å². The van der Waals surface area contributed by atoms with Crippen LogP contribution < -0.4 is 4.74 Å². The number of amides is 1. The Balaban J connectivity index is 1.49. The third-order valence-corrected chi connectivity index (χ3v) is 7.55. The second-order valence-corrected chi connectivity index (χ2v) is 9.68. The molecule has 0 bridgehead atoms. The first-order valence-corrected chi connectivity index (χ1v) is 12.2. The minimum atomic E-state index is 0.136. The van der Waals surface area contributed by atoms with E-state index in [1.807, 2.05) is 19.1 Å². The summed E-state index contributed by atoms with van der Waals surface area (Å²) in [4.78, 5) is 15.5. The summed E-state index contributed by atoms with van der Waals surface area (Å²) in [5, 5.41) is 1.03. The number of piperidine rings is 1. The molecule has 2 aromatic carbocycles. The van der Waals surface area contributed by atoms with Gasteiger partial charge in [-0.05, 0) is 62.7 Å². The molecule has 33 heavy (non-hydrogen) atoms. The Morgan fingerprint density at radius 3 is 2.64 bits per heavy atom. The molecule has 2 atom stereocenters. The number of allylic oxidation sites excluding steroid dienone is 1. The Morgan fingerprint density at radius 2 is 1.85 bits per heavy atom. The van der Waals surface area contributed by atoms with Gasteiger partial charge in [-0.25, -0.2) is 0 Å². The lowest BCUT2D eigenvalue weighted by atomic mass is 9.78. The Hall–Kier alpha value is -3.01. The van der Waals surface area contributed by atoms with Crippen LogP contribution in [0.3, 0.4) is 0 Å². The predicted molar refractivity (Wildman–Crippen MR) is 133 cm³/mol. The first kappa shape index (κ1) is 21.8. The van der Waals surface area contributed by atoms with E-state index >= 15 is 0 Å². The Kier molecular flexibility index (Phi) is 6.01. The van der Waals surface area contributed by atoms with E-state index in [4.69, 9.17) is 9.15 Å². The number of furan rings is 1. The molecule has 0 N–H and O–H groups in total. The van der Waals surface area contributed by atoms with Gasteiger partial charge >= 0.3 is 0 Å². The average molecular weight is 444 g/mol. The van der Waals surface area contributed by atoms with E-state index in [-0.39, 0.29) is 5.91 Å². The number of likely N-dealkylation sites (tertiary alicyclic amines) is 1. The van der Waals surface area contributed by atoms with Crippen LogP contribution in [0, 0.1) is 12.8 Å². The summed E-state index contributed by atoms with van der Waals surface area (Å²) in [6.45, 7) is 4.97. The maximum atomic E-state index is 13.4. The molecule has 2 unspecified atom stereocenters. The zero-order valence-corrected chi connectivity index (χ0v) is 19.9. The molecule has 1 saturated heterocycles. The first-order chi connectivity index (χ1) is 16.0. The van der Waals surface area contributed by atoms with Crippen molar-refractivity contribution in [3.63, 3.8) is 0 Å². The van der Waals surface area contributed by atoms with Crippen LogP contribution in [0.1, 0.15) is 56.6 Å². The van der Waals surface area contributed by atoms with E-state index in [2.05, 4.69) is 42.2 Å². The van der Waals surface area contributed by atoms with Crippen molar-refractivity contribution in [2.45, 2.75) is 58.4 Å². The highest BCUT2D eigenvalue weighted by Gasteiger charge is 2.35. The van der Waals surface area contributed by atoms with Crippen LogP contribution in [-0.4, -0.2) is 30.5 Å². The minimum Gasteiger partial charge on any atom is -0.496 e. The number of hydrogen-bond donors (Lipinski definition) is 0. The number of nitrogens with zero attached hydrogens (tertiary/aromatic N) is 1. The number of carbonyl (C=O) groups excluding carboxylic acids is 1. The van der Waals surface area contributed by atoms with Gasteiger partial charge < -0.3 is 14.1 Å². The number of carbonyl (C=O) groups is 1. The highest BCUT2D eigenvalue weighted by Crippen LogP contribution is 2.38. The molecule has 3 aromatic rings.